The number of hydrogen-bond acceptors (Lipinski definition) is 3. The van der Waals surface area contributed by atoms with Crippen LogP contribution in [0.5, 0.6) is 0 Å². The summed E-state index contributed by atoms with van der Waals surface area (Å²) < 4.78 is 7.77. The van der Waals surface area contributed by atoms with E-state index in [1.807, 2.05) is 42.3 Å². The van der Waals surface area contributed by atoms with Gasteiger partial charge in [0.2, 0.25) is 5.91 Å². The van der Waals surface area contributed by atoms with Crippen molar-refractivity contribution in [2.24, 2.45) is 0 Å². The quantitative estimate of drug-likeness (QED) is 0.758. The van der Waals surface area contributed by atoms with Gasteiger partial charge in [-0.1, -0.05) is 30.7 Å². The summed E-state index contributed by atoms with van der Waals surface area (Å²) in [5, 5.41) is 0.723. The molecule has 0 aliphatic carbocycles. The van der Waals surface area contributed by atoms with Crippen molar-refractivity contribution >= 4 is 17.5 Å². The van der Waals surface area contributed by atoms with Gasteiger partial charge in [-0.05, 0) is 30.5 Å². The molecule has 0 spiro atoms. The van der Waals surface area contributed by atoms with Gasteiger partial charge in [0.15, 0.2) is 0 Å². The predicted molar refractivity (Wildman–Crippen MR) is 97.5 cm³/mol. The second-order valence-corrected chi connectivity index (χ2v) is 6.80. The van der Waals surface area contributed by atoms with Crippen LogP contribution in [0.25, 0.3) is 0 Å². The first-order chi connectivity index (χ1) is 12.2. The van der Waals surface area contributed by atoms with E-state index >= 15 is 0 Å². The molecular weight excluding hydrogens is 338 g/mol. The van der Waals surface area contributed by atoms with Crippen LogP contribution >= 0.6 is 11.6 Å². The van der Waals surface area contributed by atoms with Crippen LogP contribution in [0.3, 0.4) is 0 Å². The Bertz CT molecular complexity index is 710. The third-order valence-corrected chi connectivity index (χ3v) is 4.71. The standard InChI is InChI=1S/C19H24ClN3O2/c1-2-19(24)23(13-17-7-4-10-25-17)14-18-21-8-9-22(18)12-15-5-3-6-16(20)11-15/h3,5-6,8-9,11,17H,2,4,7,10,12-14H2,1H3. The second kappa shape index (κ2) is 8.50. The summed E-state index contributed by atoms with van der Waals surface area (Å²) in [5.74, 6) is 1.01. The molecule has 5 nitrogen and oxygen atoms in total. The van der Waals surface area contributed by atoms with Crippen molar-refractivity contribution in [3.63, 3.8) is 0 Å². The van der Waals surface area contributed by atoms with Crippen LogP contribution in [0.15, 0.2) is 36.7 Å². The number of aromatic nitrogens is 2. The topological polar surface area (TPSA) is 47.4 Å². The van der Waals surface area contributed by atoms with Crippen LogP contribution in [-0.4, -0.2) is 39.6 Å². The van der Waals surface area contributed by atoms with E-state index in [0.717, 1.165) is 35.9 Å². The van der Waals surface area contributed by atoms with Crippen molar-refractivity contribution in [3.05, 3.63) is 53.1 Å². The fourth-order valence-electron chi connectivity index (χ4n) is 3.15. The minimum Gasteiger partial charge on any atom is -0.376 e. The number of rotatable bonds is 7. The maximum absolute atomic E-state index is 12.4. The Labute approximate surface area is 153 Å². The van der Waals surface area contributed by atoms with Gasteiger partial charge in [0, 0.05) is 43.5 Å². The smallest absolute Gasteiger partial charge is 0.222 e. The lowest BCUT2D eigenvalue weighted by Gasteiger charge is -2.25. The Kier molecular flexibility index (Phi) is 6.10. The van der Waals surface area contributed by atoms with E-state index in [9.17, 15) is 4.79 Å². The monoisotopic (exact) mass is 361 g/mol. The minimum absolute atomic E-state index is 0.132. The average Bonchev–Trinajstić information content (AvgIpc) is 3.26. The zero-order valence-corrected chi connectivity index (χ0v) is 15.3. The number of hydrogen-bond donors (Lipinski definition) is 0. The number of imidazole rings is 1. The molecular formula is C19H24ClN3O2. The summed E-state index contributed by atoms with van der Waals surface area (Å²) in [7, 11) is 0. The molecule has 134 valence electrons. The molecule has 0 radical (unpaired) electrons. The number of ether oxygens (including phenoxy) is 1. The number of carbonyl (C=O) groups is 1. The van der Waals surface area contributed by atoms with Crippen molar-refractivity contribution in [3.8, 4) is 0 Å². The van der Waals surface area contributed by atoms with Gasteiger partial charge in [-0.15, -0.1) is 0 Å². The Morgan fingerprint density at radius 2 is 2.36 bits per heavy atom. The zero-order chi connectivity index (χ0) is 17.6. The van der Waals surface area contributed by atoms with Gasteiger partial charge in [0.05, 0.1) is 12.6 Å². The van der Waals surface area contributed by atoms with E-state index in [0.29, 0.717) is 26.1 Å². The highest BCUT2D eigenvalue weighted by atomic mass is 35.5. The van der Waals surface area contributed by atoms with Crippen molar-refractivity contribution in [2.75, 3.05) is 13.2 Å². The molecule has 1 aromatic heterocycles. The highest BCUT2D eigenvalue weighted by molar-refractivity contribution is 6.30. The molecule has 1 aliphatic heterocycles. The van der Waals surface area contributed by atoms with E-state index in [1.54, 1.807) is 6.20 Å². The summed E-state index contributed by atoms with van der Waals surface area (Å²) in [6, 6.07) is 7.80. The zero-order valence-electron chi connectivity index (χ0n) is 14.5. The first-order valence-electron chi connectivity index (χ1n) is 8.79. The molecule has 3 rings (SSSR count). The Balaban J connectivity index is 1.71. The Morgan fingerprint density at radius 1 is 1.48 bits per heavy atom. The van der Waals surface area contributed by atoms with Crippen LogP contribution < -0.4 is 0 Å². The molecule has 1 amide bonds. The lowest BCUT2D eigenvalue weighted by Crippen LogP contribution is -2.37. The van der Waals surface area contributed by atoms with E-state index in [2.05, 4.69) is 9.55 Å². The summed E-state index contributed by atoms with van der Waals surface area (Å²) in [6.07, 6.45) is 6.44. The molecule has 0 saturated carbocycles. The summed E-state index contributed by atoms with van der Waals surface area (Å²) in [4.78, 5) is 18.7. The first kappa shape index (κ1) is 18.0. The fourth-order valence-corrected chi connectivity index (χ4v) is 3.36. The molecule has 1 unspecified atom stereocenters. The van der Waals surface area contributed by atoms with Gasteiger partial charge in [-0.2, -0.15) is 0 Å². The van der Waals surface area contributed by atoms with Crippen molar-refractivity contribution in [1.82, 2.24) is 14.5 Å². The van der Waals surface area contributed by atoms with Crippen LogP contribution in [0.2, 0.25) is 5.02 Å². The van der Waals surface area contributed by atoms with Crippen LogP contribution in [-0.2, 0) is 22.6 Å². The average molecular weight is 362 g/mol. The van der Waals surface area contributed by atoms with E-state index in [-0.39, 0.29) is 12.0 Å². The van der Waals surface area contributed by atoms with Crippen molar-refractivity contribution in [2.45, 2.75) is 45.4 Å². The lowest BCUT2D eigenvalue weighted by molar-refractivity contribution is -0.133. The lowest BCUT2D eigenvalue weighted by atomic mass is 10.2. The Hall–Kier alpha value is -1.85. The maximum Gasteiger partial charge on any atom is 0.222 e. The molecule has 25 heavy (non-hydrogen) atoms. The third-order valence-electron chi connectivity index (χ3n) is 4.48. The number of benzene rings is 1. The predicted octanol–water partition coefficient (Wildman–Crippen LogP) is 3.50. The van der Waals surface area contributed by atoms with Gasteiger partial charge in [-0.3, -0.25) is 4.79 Å². The SMILES string of the molecule is CCC(=O)N(Cc1nccn1Cc1cccc(Cl)c1)CC1CCCO1. The fraction of sp³-hybridized carbons (Fsp3) is 0.474. The van der Waals surface area contributed by atoms with Gasteiger partial charge >= 0.3 is 0 Å². The summed E-state index contributed by atoms with van der Waals surface area (Å²) >= 11 is 6.07. The number of halogens is 1. The molecule has 1 aromatic carbocycles. The molecule has 1 fully saturated rings. The number of nitrogens with zero attached hydrogens (tertiary/aromatic N) is 3. The molecule has 1 atom stereocenters. The van der Waals surface area contributed by atoms with Crippen LogP contribution in [0.4, 0.5) is 0 Å². The maximum atomic E-state index is 12.4. The molecule has 6 heteroatoms. The highest BCUT2D eigenvalue weighted by Gasteiger charge is 2.23. The normalized spacial score (nSPS) is 17.0. The largest absolute Gasteiger partial charge is 0.376 e. The molecule has 2 heterocycles. The van der Waals surface area contributed by atoms with Gasteiger partial charge in [0.25, 0.3) is 0 Å². The van der Waals surface area contributed by atoms with Gasteiger partial charge in [0.1, 0.15) is 5.82 Å². The highest BCUT2D eigenvalue weighted by Crippen LogP contribution is 2.17. The van der Waals surface area contributed by atoms with Gasteiger partial charge in [-0.25, -0.2) is 4.98 Å². The minimum atomic E-state index is 0.132. The van der Waals surface area contributed by atoms with E-state index < -0.39 is 0 Å². The number of carbonyl (C=O) groups excluding carboxylic acids is 1. The third kappa shape index (κ3) is 4.83. The second-order valence-electron chi connectivity index (χ2n) is 6.36. The first-order valence-corrected chi connectivity index (χ1v) is 9.17. The summed E-state index contributed by atoms with van der Waals surface area (Å²) in [5.41, 5.74) is 1.11. The van der Waals surface area contributed by atoms with Crippen LogP contribution in [0.1, 0.15) is 37.6 Å². The molecule has 0 N–H and O–H groups in total. The molecule has 0 bridgehead atoms. The molecule has 2 aromatic rings. The Morgan fingerprint density at radius 3 is 3.08 bits per heavy atom. The van der Waals surface area contributed by atoms with E-state index in [4.69, 9.17) is 16.3 Å². The van der Waals surface area contributed by atoms with Gasteiger partial charge < -0.3 is 14.2 Å². The molecule has 1 saturated heterocycles. The molecule has 1 aliphatic rings. The van der Waals surface area contributed by atoms with E-state index in [1.165, 1.54) is 0 Å². The van der Waals surface area contributed by atoms with Crippen molar-refractivity contribution < 1.29 is 9.53 Å². The number of amides is 1. The van der Waals surface area contributed by atoms with Crippen molar-refractivity contribution in [1.29, 1.82) is 0 Å². The van der Waals surface area contributed by atoms with Crippen LogP contribution in [0, 0.1) is 0 Å². The summed E-state index contributed by atoms with van der Waals surface area (Å²) in [6.45, 7) is 4.51.